The minimum atomic E-state index is 0. The Labute approximate surface area is 153 Å². The van der Waals surface area contributed by atoms with Crippen molar-refractivity contribution in [1.29, 1.82) is 0 Å². The fraction of sp³-hybridized carbons (Fsp3) is 0.400. The minimum absolute atomic E-state index is 0. The van der Waals surface area contributed by atoms with Crippen molar-refractivity contribution in [2.75, 3.05) is 0 Å². The number of carbonyl (C=O) groups excluding carboxylic acids is 1. The zero-order valence-electron chi connectivity index (χ0n) is 14.4. The fourth-order valence-electron chi connectivity index (χ4n) is 4.60. The lowest BCUT2D eigenvalue weighted by Crippen LogP contribution is -2.27. The molecule has 0 saturated heterocycles. The molecule has 0 radical (unpaired) electrons. The molecular formula is C20H22ClN3O. The molecule has 25 heavy (non-hydrogen) atoms. The average molecular weight is 356 g/mol. The van der Waals surface area contributed by atoms with Gasteiger partial charge in [0.25, 0.3) is 0 Å². The van der Waals surface area contributed by atoms with Gasteiger partial charge in [0.2, 0.25) is 0 Å². The molecule has 130 valence electrons. The summed E-state index contributed by atoms with van der Waals surface area (Å²) in [5.74, 6) is 1.37. The van der Waals surface area contributed by atoms with Crippen LogP contribution in [-0.4, -0.2) is 19.9 Å². The van der Waals surface area contributed by atoms with Gasteiger partial charge in [0.05, 0.1) is 5.52 Å². The number of aryl methyl sites for hydroxylation is 3. The molecule has 5 heteroatoms. The van der Waals surface area contributed by atoms with Crippen molar-refractivity contribution in [1.82, 2.24) is 14.1 Å². The quantitative estimate of drug-likeness (QED) is 0.698. The Balaban J connectivity index is 0.00000157. The van der Waals surface area contributed by atoms with Gasteiger partial charge in [-0.15, -0.1) is 12.4 Å². The van der Waals surface area contributed by atoms with E-state index in [1.165, 1.54) is 28.6 Å². The molecule has 1 aliphatic heterocycles. The number of rotatable bonds is 2. The summed E-state index contributed by atoms with van der Waals surface area (Å²) in [6.07, 6.45) is 8.05. The number of Topliss-reactive ketones (excluding diaryl/α,β-unsaturated/α-hetero) is 1. The van der Waals surface area contributed by atoms with Crippen LogP contribution < -0.4 is 0 Å². The lowest BCUT2D eigenvalue weighted by molar-refractivity contribution is 0.0887. The maximum absolute atomic E-state index is 13.3. The zero-order valence-corrected chi connectivity index (χ0v) is 15.2. The van der Waals surface area contributed by atoms with E-state index in [-0.39, 0.29) is 18.3 Å². The first-order chi connectivity index (χ1) is 11.7. The summed E-state index contributed by atoms with van der Waals surface area (Å²) in [5, 5.41) is 1.18. The van der Waals surface area contributed by atoms with Gasteiger partial charge < -0.3 is 9.13 Å². The van der Waals surface area contributed by atoms with Crippen LogP contribution >= 0.6 is 12.4 Å². The SMILES string of the molecule is Cc1nccn1C[C@H]1CCc2c(c3cccc4c3n2CCC4)C1=O.Cl. The minimum Gasteiger partial charge on any atom is -0.344 e. The lowest BCUT2D eigenvalue weighted by atomic mass is 9.84. The van der Waals surface area contributed by atoms with E-state index in [4.69, 9.17) is 0 Å². The van der Waals surface area contributed by atoms with E-state index < -0.39 is 0 Å². The number of halogens is 1. The van der Waals surface area contributed by atoms with Crippen molar-refractivity contribution in [3.8, 4) is 0 Å². The highest BCUT2D eigenvalue weighted by molar-refractivity contribution is 6.12. The van der Waals surface area contributed by atoms with Crippen LogP contribution in [0.25, 0.3) is 10.9 Å². The first kappa shape index (κ1) is 16.4. The zero-order chi connectivity index (χ0) is 16.3. The van der Waals surface area contributed by atoms with E-state index in [9.17, 15) is 4.79 Å². The second-order valence-corrected chi connectivity index (χ2v) is 7.12. The number of imidazole rings is 1. The molecule has 4 nitrogen and oxygen atoms in total. The number of para-hydroxylation sites is 1. The van der Waals surface area contributed by atoms with Gasteiger partial charge in [-0.1, -0.05) is 18.2 Å². The number of ketones is 1. The molecule has 0 unspecified atom stereocenters. The normalized spacial score (nSPS) is 18.9. The number of aromatic nitrogens is 3. The molecule has 0 amide bonds. The van der Waals surface area contributed by atoms with Gasteiger partial charge in [0.15, 0.2) is 5.78 Å². The van der Waals surface area contributed by atoms with Gasteiger partial charge in [-0.3, -0.25) is 4.79 Å². The number of benzene rings is 1. The molecule has 0 spiro atoms. The highest BCUT2D eigenvalue weighted by Crippen LogP contribution is 2.38. The maximum atomic E-state index is 13.3. The van der Waals surface area contributed by atoms with Crippen molar-refractivity contribution >= 4 is 29.1 Å². The molecule has 1 atom stereocenters. The van der Waals surface area contributed by atoms with Crippen LogP contribution in [0.15, 0.2) is 30.6 Å². The molecular weight excluding hydrogens is 334 g/mol. The average Bonchev–Trinajstić information content (AvgIpc) is 3.15. The molecule has 2 aliphatic rings. The van der Waals surface area contributed by atoms with E-state index in [1.807, 2.05) is 19.3 Å². The van der Waals surface area contributed by atoms with Crippen LogP contribution in [0, 0.1) is 12.8 Å². The van der Waals surface area contributed by atoms with E-state index in [1.54, 1.807) is 0 Å². The molecule has 0 saturated carbocycles. The van der Waals surface area contributed by atoms with E-state index in [0.717, 1.165) is 43.7 Å². The van der Waals surface area contributed by atoms with E-state index in [2.05, 4.69) is 32.3 Å². The Morgan fingerprint density at radius 2 is 2.16 bits per heavy atom. The smallest absolute Gasteiger partial charge is 0.170 e. The number of carbonyl (C=O) groups is 1. The third-order valence-corrected chi connectivity index (χ3v) is 5.79. The number of hydrogen-bond acceptors (Lipinski definition) is 2. The molecule has 2 aromatic heterocycles. The molecule has 1 aromatic carbocycles. The van der Waals surface area contributed by atoms with Crippen LogP contribution in [0.2, 0.25) is 0 Å². The van der Waals surface area contributed by atoms with Gasteiger partial charge in [-0.05, 0) is 38.2 Å². The largest absolute Gasteiger partial charge is 0.344 e. The summed E-state index contributed by atoms with van der Waals surface area (Å²) in [4.78, 5) is 17.6. The van der Waals surface area contributed by atoms with Gasteiger partial charge in [-0.25, -0.2) is 4.98 Å². The van der Waals surface area contributed by atoms with Crippen molar-refractivity contribution in [3.63, 3.8) is 0 Å². The van der Waals surface area contributed by atoms with Crippen molar-refractivity contribution in [2.45, 2.75) is 45.7 Å². The van der Waals surface area contributed by atoms with Crippen molar-refractivity contribution in [2.24, 2.45) is 5.92 Å². The summed E-state index contributed by atoms with van der Waals surface area (Å²) in [7, 11) is 0. The predicted octanol–water partition coefficient (Wildman–Crippen LogP) is 3.96. The van der Waals surface area contributed by atoms with Gasteiger partial charge >= 0.3 is 0 Å². The molecule has 3 heterocycles. The number of fused-ring (bicyclic) bond motifs is 3. The summed E-state index contributed by atoms with van der Waals surface area (Å²) >= 11 is 0. The van der Waals surface area contributed by atoms with Gasteiger partial charge in [0.1, 0.15) is 5.82 Å². The predicted molar refractivity (Wildman–Crippen MR) is 101 cm³/mol. The summed E-state index contributed by atoms with van der Waals surface area (Å²) in [6.45, 7) is 3.80. The highest BCUT2D eigenvalue weighted by atomic mass is 35.5. The number of hydrogen-bond donors (Lipinski definition) is 0. The summed E-state index contributed by atoms with van der Waals surface area (Å²) in [5.41, 5.74) is 5.01. The topological polar surface area (TPSA) is 39.8 Å². The first-order valence-electron chi connectivity index (χ1n) is 8.89. The summed E-state index contributed by atoms with van der Waals surface area (Å²) in [6, 6.07) is 6.48. The monoisotopic (exact) mass is 355 g/mol. The lowest BCUT2D eigenvalue weighted by Gasteiger charge is -2.24. The summed E-state index contributed by atoms with van der Waals surface area (Å²) < 4.78 is 4.54. The Kier molecular flexibility index (Phi) is 3.95. The Morgan fingerprint density at radius 3 is 2.96 bits per heavy atom. The van der Waals surface area contributed by atoms with Crippen LogP contribution in [-0.2, 0) is 25.9 Å². The first-order valence-corrected chi connectivity index (χ1v) is 8.89. The number of nitrogens with zero attached hydrogens (tertiary/aromatic N) is 3. The second kappa shape index (κ2) is 6.03. The molecule has 0 fully saturated rings. The van der Waals surface area contributed by atoms with Crippen molar-refractivity contribution < 1.29 is 4.79 Å². The highest BCUT2D eigenvalue weighted by Gasteiger charge is 2.34. The third kappa shape index (κ3) is 2.35. The molecule has 0 N–H and O–H groups in total. The van der Waals surface area contributed by atoms with Crippen LogP contribution in [0.4, 0.5) is 0 Å². The molecule has 0 bridgehead atoms. The third-order valence-electron chi connectivity index (χ3n) is 5.79. The van der Waals surface area contributed by atoms with E-state index >= 15 is 0 Å². The fourth-order valence-corrected chi connectivity index (χ4v) is 4.60. The second-order valence-electron chi connectivity index (χ2n) is 7.12. The molecule has 1 aliphatic carbocycles. The van der Waals surface area contributed by atoms with Crippen LogP contribution in [0.1, 0.15) is 40.3 Å². The Morgan fingerprint density at radius 1 is 1.28 bits per heavy atom. The van der Waals surface area contributed by atoms with Crippen LogP contribution in [0.5, 0.6) is 0 Å². The maximum Gasteiger partial charge on any atom is 0.170 e. The van der Waals surface area contributed by atoms with E-state index in [0.29, 0.717) is 5.78 Å². The Bertz CT molecular complexity index is 969. The van der Waals surface area contributed by atoms with Gasteiger partial charge in [0, 0.05) is 48.0 Å². The van der Waals surface area contributed by atoms with Crippen molar-refractivity contribution in [3.05, 3.63) is 53.2 Å². The van der Waals surface area contributed by atoms with Crippen LogP contribution in [0.3, 0.4) is 0 Å². The standard InChI is InChI=1S/C20H21N3O.ClH/c1-13-21-9-11-22(13)12-15-7-8-17-18(20(15)24)16-6-2-4-14-5-3-10-23(17)19(14)16;/h2,4,6,9,11,15H,3,5,7-8,10,12H2,1H3;1H/t15-;/m1./s1. The Hall–Kier alpha value is -2.07. The molecule has 5 rings (SSSR count). The van der Waals surface area contributed by atoms with Gasteiger partial charge in [-0.2, -0.15) is 0 Å². The molecule has 3 aromatic rings.